The number of ether oxygens (including phenoxy) is 2. The molecule has 6 heterocycles. The van der Waals surface area contributed by atoms with Crippen LogP contribution in [0.2, 0.25) is 0 Å². The van der Waals surface area contributed by atoms with E-state index in [-0.39, 0.29) is 47.8 Å². The van der Waals surface area contributed by atoms with Gasteiger partial charge in [0.25, 0.3) is 5.56 Å². The number of aromatic hydroxyl groups is 3. The molecule has 14 heteroatoms. The lowest BCUT2D eigenvalue weighted by atomic mass is 9.71. The maximum absolute atomic E-state index is 14.2. The van der Waals surface area contributed by atoms with Gasteiger partial charge in [-0.2, -0.15) is 5.10 Å². The van der Waals surface area contributed by atoms with E-state index in [2.05, 4.69) is 10.2 Å². The number of fused-ring (bicyclic) bond motifs is 6. The Kier molecular flexibility index (Phi) is 9.00. The van der Waals surface area contributed by atoms with Crippen molar-refractivity contribution in [2.75, 3.05) is 6.61 Å². The average molecular weight is 797 g/mol. The number of phenols is 3. The number of nitrogens with one attached hydrogen (secondary N) is 1. The van der Waals surface area contributed by atoms with Crippen molar-refractivity contribution in [1.29, 1.82) is 0 Å². The van der Waals surface area contributed by atoms with Gasteiger partial charge in [0.2, 0.25) is 0 Å². The van der Waals surface area contributed by atoms with Gasteiger partial charge >= 0.3 is 11.7 Å². The SMILES string of the molecule is CCc1c2c(nc3ccc(O)cc13)-c1cc3c(c(=O)n1C2)COC(=O)C3(CC)C(C)OCCn1ccc2cc(-n3c(-c4cc(C(C)C)c(O)cc4O)n[nH]c3=O)ccc21. The van der Waals surface area contributed by atoms with Gasteiger partial charge in [0, 0.05) is 40.7 Å². The number of phenolic OH excluding ortho intramolecular Hbond substituents is 3. The highest BCUT2D eigenvalue weighted by molar-refractivity contribution is 5.90. The summed E-state index contributed by atoms with van der Waals surface area (Å²) in [5.41, 5.74) is 5.46. The van der Waals surface area contributed by atoms with Gasteiger partial charge in [-0.05, 0) is 97.0 Å². The minimum absolute atomic E-state index is 0.0359. The number of pyridine rings is 2. The van der Waals surface area contributed by atoms with Gasteiger partial charge < -0.3 is 33.9 Å². The van der Waals surface area contributed by atoms with Crippen LogP contribution in [0.3, 0.4) is 0 Å². The summed E-state index contributed by atoms with van der Waals surface area (Å²) in [6.45, 7) is 10.5. The molecule has 0 spiro atoms. The van der Waals surface area contributed by atoms with E-state index in [1.165, 1.54) is 10.6 Å². The van der Waals surface area contributed by atoms with Crippen LogP contribution in [-0.4, -0.2) is 62.9 Å². The Bertz CT molecular complexity index is 2990. The van der Waals surface area contributed by atoms with Crippen molar-refractivity contribution in [3.63, 3.8) is 0 Å². The summed E-state index contributed by atoms with van der Waals surface area (Å²) in [7, 11) is 0. The van der Waals surface area contributed by atoms with Crippen LogP contribution >= 0.6 is 0 Å². The van der Waals surface area contributed by atoms with Gasteiger partial charge in [-0.3, -0.25) is 9.59 Å². The fraction of sp³-hybridized carbons (Fsp3) is 0.311. The zero-order valence-corrected chi connectivity index (χ0v) is 33.4. The van der Waals surface area contributed by atoms with Gasteiger partial charge in [0.05, 0.1) is 53.0 Å². The number of benzene rings is 3. The predicted molar refractivity (Wildman–Crippen MR) is 221 cm³/mol. The summed E-state index contributed by atoms with van der Waals surface area (Å²) >= 11 is 0. The number of carbonyl (C=O) groups is 1. The van der Waals surface area contributed by atoms with E-state index in [1.54, 1.807) is 34.9 Å². The molecule has 0 amide bonds. The van der Waals surface area contributed by atoms with Crippen LogP contribution in [0, 0.1) is 0 Å². The molecule has 7 aromatic rings. The Hall–Kier alpha value is -6.67. The summed E-state index contributed by atoms with van der Waals surface area (Å²) in [4.78, 5) is 46.2. The molecule has 14 nitrogen and oxygen atoms in total. The number of aromatic nitrogens is 6. The van der Waals surface area contributed by atoms with E-state index in [9.17, 15) is 29.7 Å². The van der Waals surface area contributed by atoms with Crippen LogP contribution in [0.25, 0.3) is 50.3 Å². The first-order chi connectivity index (χ1) is 28.4. The molecule has 0 bridgehead atoms. The highest BCUT2D eigenvalue weighted by Crippen LogP contribution is 2.44. The molecule has 59 heavy (non-hydrogen) atoms. The molecule has 0 aliphatic carbocycles. The van der Waals surface area contributed by atoms with Gasteiger partial charge in [-0.15, -0.1) is 0 Å². The van der Waals surface area contributed by atoms with E-state index in [0.717, 1.165) is 32.9 Å². The zero-order chi connectivity index (χ0) is 41.5. The van der Waals surface area contributed by atoms with Crippen LogP contribution < -0.4 is 11.2 Å². The van der Waals surface area contributed by atoms with Crippen molar-refractivity contribution >= 4 is 27.8 Å². The molecule has 0 fully saturated rings. The number of aryl methyl sites for hydroxylation is 1. The first-order valence-corrected chi connectivity index (χ1v) is 19.9. The molecule has 9 rings (SSSR count). The molecule has 2 unspecified atom stereocenters. The number of carbonyl (C=O) groups excluding carboxylic acids is 1. The van der Waals surface area contributed by atoms with Crippen LogP contribution in [-0.2, 0) is 45.8 Å². The topological polar surface area (TPSA) is 187 Å². The van der Waals surface area contributed by atoms with Crippen molar-refractivity contribution in [2.45, 2.75) is 84.6 Å². The summed E-state index contributed by atoms with van der Waals surface area (Å²) in [6.07, 6.45) is 2.29. The minimum atomic E-state index is -1.24. The van der Waals surface area contributed by atoms with E-state index in [4.69, 9.17) is 14.5 Å². The number of rotatable bonds is 10. The number of esters is 1. The molecule has 2 aliphatic heterocycles. The van der Waals surface area contributed by atoms with Gasteiger partial charge in [-0.1, -0.05) is 27.7 Å². The quantitative estimate of drug-likeness (QED) is 0.111. The highest BCUT2D eigenvalue weighted by atomic mass is 16.5. The van der Waals surface area contributed by atoms with Crippen molar-refractivity contribution in [2.24, 2.45) is 0 Å². The van der Waals surface area contributed by atoms with Crippen molar-refractivity contribution < 1.29 is 29.6 Å². The van der Waals surface area contributed by atoms with Crippen LogP contribution in [0.5, 0.6) is 17.2 Å². The Labute approximate surface area is 337 Å². The maximum atomic E-state index is 14.2. The Balaban J connectivity index is 0.997. The van der Waals surface area contributed by atoms with E-state index >= 15 is 0 Å². The van der Waals surface area contributed by atoms with Gasteiger partial charge in [-0.25, -0.2) is 19.4 Å². The molecule has 0 saturated carbocycles. The molecular weight excluding hydrogens is 753 g/mol. The molecule has 2 atom stereocenters. The Morgan fingerprint density at radius 3 is 2.53 bits per heavy atom. The highest BCUT2D eigenvalue weighted by Gasteiger charge is 2.51. The third-order valence-corrected chi connectivity index (χ3v) is 12.3. The second-order valence-corrected chi connectivity index (χ2v) is 15.7. The second kappa shape index (κ2) is 14.0. The van der Waals surface area contributed by atoms with Crippen LogP contribution in [0.4, 0.5) is 0 Å². The standard InChI is InChI=1S/C45H44N6O8/c1-6-28-30-17-27(52)9-10-35(30)46-40-32(28)21-50-37(40)19-34-33(42(50)55)22-59-43(56)45(34,7-2)24(5)58-15-14-49-13-12-25-16-26(8-11-36(25)49)51-41(47-48-44(51)57)31-18-29(23(3)4)38(53)20-39(31)54/h8-13,16-20,23-24,52-54H,6-7,14-15,21-22H2,1-5H3,(H,48,57). The lowest BCUT2D eigenvalue weighted by Crippen LogP contribution is -2.52. The monoisotopic (exact) mass is 796 g/mol. The van der Waals surface area contributed by atoms with Crippen LogP contribution in [0.1, 0.15) is 74.8 Å². The summed E-state index contributed by atoms with van der Waals surface area (Å²) in [6, 6.07) is 17.4. The van der Waals surface area contributed by atoms with E-state index in [1.807, 2.05) is 69.6 Å². The fourth-order valence-corrected chi connectivity index (χ4v) is 9.21. The van der Waals surface area contributed by atoms with E-state index < -0.39 is 23.2 Å². The minimum Gasteiger partial charge on any atom is -0.508 e. The van der Waals surface area contributed by atoms with Crippen molar-refractivity contribution in [1.82, 2.24) is 28.9 Å². The summed E-state index contributed by atoms with van der Waals surface area (Å²) < 4.78 is 17.4. The average Bonchev–Trinajstić information content (AvgIpc) is 3.91. The number of nitrogens with zero attached hydrogens (tertiary/aromatic N) is 5. The van der Waals surface area contributed by atoms with Gasteiger partial charge in [0.15, 0.2) is 5.82 Å². The van der Waals surface area contributed by atoms with Crippen LogP contribution in [0.15, 0.2) is 76.4 Å². The molecule has 4 N–H and O–H groups in total. The maximum Gasteiger partial charge on any atom is 0.348 e. The molecule has 302 valence electrons. The predicted octanol–water partition coefficient (Wildman–Crippen LogP) is 6.53. The summed E-state index contributed by atoms with van der Waals surface area (Å²) in [5.74, 6) is -0.355. The lowest BCUT2D eigenvalue weighted by molar-refractivity contribution is -0.162. The molecule has 0 radical (unpaired) electrons. The van der Waals surface area contributed by atoms with Crippen molar-refractivity contribution in [3.8, 4) is 45.7 Å². The smallest absolute Gasteiger partial charge is 0.348 e. The Morgan fingerprint density at radius 2 is 1.76 bits per heavy atom. The first-order valence-electron chi connectivity index (χ1n) is 19.9. The summed E-state index contributed by atoms with van der Waals surface area (Å²) in [5, 5.41) is 39.8. The normalized spacial score (nSPS) is 16.4. The molecule has 0 saturated heterocycles. The number of hydrogen-bond acceptors (Lipinski definition) is 10. The Morgan fingerprint density at radius 1 is 0.949 bits per heavy atom. The number of H-pyrrole nitrogens is 1. The largest absolute Gasteiger partial charge is 0.508 e. The molecule has 4 aromatic heterocycles. The van der Waals surface area contributed by atoms with Gasteiger partial charge in [0.1, 0.15) is 29.3 Å². The first kappa shape index (κ1) is 37.9. The molecule has 3 aromatic carbocycles. The zero-order valence-electron chi connectivity index (χ0n) is 33.4. The van der Waals surface area contributed by atoms with Crippen molar-refractivity contribution in [3.05, 3.63) is 116 Å². The number of cyclic esters (lactones) is 1. The fourth-order valence-electron chi connectivity index (χ4n) is 9.21. The molecular formula is C45H44N6O8. The number of hydrogen-bond donors (Lipinski definition) is 4. The second-order valence-electron chi connectivity index (χ2n) is 15.7. The third-order valence-electron chi connectivity index (χ3n) is 12.3. The van der Waals surface area contributed by atoms with E-state index in [0.29, 0.717) is 65.3 Å². The third kappa shape index (κ3) is 5.75. The number of aromatic amines is 1. The molecule has 2 aliphatic rings. The lowest BCUT2D eigenvalue weighted by Gasteiger charge is -2.40.